The van der Waals surface area contributed by atoms with Gasteiger partial charge in [-0.1, -0.05) is 76.2 Å². The van der Waals surface area contributed by atoms with Crippen LogP contribution < -0.4 is 0 Å². The van der Waals surface area contributed by atoms with Crippen LogP contribution in [0, 0.1) is 0 Å². The highest BCUT2D eigenvalue weighted by atomic mass is 16.1. The van der Waals surface area contributed by atoms with Crippen LogP contribution in [0.3, 0.4) is 0 Å². The van der Waals surface area contributed by atoms with Gasteiger partial charge in [-0.3, -0.25) is 4.79 Å². The summed E-state index contributed by atoms with van der Waals surface area (Å²) in [5.74, 6) is 1.23. The van der Waals surface area contributed by atoms with Crippen molar-refractivity contribution in [1.29, 1.82) is 0 Å². The van der Waals surface area contributed by atoms with Gasteiger partial charge in [0.15, 0.2) is 5.78 Å². The van der Waals surface area contributed by atoms with Crippen LogP contribution >= 0.6 is 0 Å². The Kier molecular flexibility index (Phi) is 8.11. The summed E-state index contributed by atoms with van der Waals surface area (Å²) in [5.41, 5.74) is 4.48. The van der Waals surface area contributed by atoms with Crippen molar-refractivity contribution in [2.75, 3.05) is 0 Å². The third-order valence-corrected chi connectivity index (χ3v) is 3.95. The zero-order chi connectivity index (χ0) is 18.1. The first-order valence-corrected chi connectivity index (χ1v) is 8.48. The number of carbonyl (C=O) groups is 2. The third-order valence-electron chi connectivity index (χ3n) is 3.95. The highest BCUT2D eigenvalue weighted by molar-refractivity contribution is 5.94. The fourth-order valence-electron chi connectivity index (χ4n) is 2.24. The van der Waals surface area contributed by atoms with Crippen molar-refractivity contribution in [3.8, 4) is 0 Å². The van der Waals surface area contributed by atoms with E-state index in [4.69, 9.17) is 0 Å². The Hall–Kier alpha value is -2.22. The molecule has 0 saturated heterocycles. The maximum absolute atomic E-state index is 10.9. The van der Waals surface area contributed by atoms with Gasteiger partial charge in [0.1, 0.15) is 6.29 Å². The molecule has 0 amide bonds. The molecule has 0 fully saturated rings. The molecule has 0 radical (unpaired) electrons. The second kappa shape index (κ2) is 9.82. The van der Waals surface area contributed by atoms with Crippen LogP contribution in [0.15, 0.2) is 48.5 Å². The van der Waals surface area contributed by atoms with E-state index in [1.165, 1.54) is 11.1 Å². The van der Waals surface area contributed by atoms with Gasteiger partial charge in [0.2, 0.25) is 0 Å². The molecular formula is C22H30O2. The smallest absolute Gasteiger partial charge is 0.159 e. The Morgan fingerprint density at radius 3 is 1.62 bits per heavy atom. The first kappa shape index (κ1) is 19.8. The van der Waals surface area contributed by atoms with Crippen molar-refractivity contribution in [2.24, 2.45) is 0 Å². The number of carbonyl (C=O) groups excluding carboxylic acids is 2. The van der Waals surface area contributed by atoms with Gasteiger partial charge in [-0.25, -0.2) is 0 Å². The largest absolute Gasteiger partial charge is 0.303 e. The van der Waals surface area contributed by atoms with Crippen LogP contribution in [0.1, 0.15) is 74.9 Å². The highest BCUT2D eigenvalue weighted by Crippen LogP contribution is 2.15. The predicted molar refractivity (Wildman–Crippen MR) is 103 cm³/mol. The Balaban J connectivity index is 0.000000443. The molecule has 0 N–H and O–H groups in total. The van der Waals surface area contributed by atoms with Gasteiger partial charge < -0.3 is 4.79 Å². The minimum absolute atomic E-state index is 0. The van der Waals surface area contributed by atoms with E-state index in [1.807, 2.05) is 36.4 Å². The third kappa shape index (κ3) is 6.49. The maximum Gasteiger partial charge on any atom is 0.159 e. The van der Waals surface area contributed by atoms with Gasteiger partial charge in [-0.15, -0.1) is 0 Å². The molecule has 2 aromatic carbocycles. The molecule has 0 aliphatic rings. The highest BCUT2D eigenvalue weighted by Gasteiger charge is 2.01. The second-order valence-corrected chi connectivity index (χ2v) is 6.60. The van der Waals surface area contributed by atoms with E-state index < -0.39 is 0 Å². The summed E-state index contributed by atoms with van der Waals surface area (Å²) in [6.45, 7) is 10.2. The summed E-state index contributed by atoms with van der Waals surface area (Å²) in [5, 5.41) is 0. The SMILES string of the molecule is CC(=O)c1ccc(C(C)C)cc1.CC(C)c1ccc(CC=O)cc1.[HH]. The van der Waals surface area contributed by atoms with Crippen molar-refractivity contribution < 1.29 is 11.0 Å². The molecule has 0 aromatic heterocycles. The van der Waals surface area contributed by atoms with E-state index in [2.05, 4.69) is 39.8 Å². The Labute approximate surface area is 147 Å². The molecule has 0 spiro atoms. The first-order chi connectivity index (χ1) is 11.3. The number of hydrogen-bond acceptors (Lipinski definition) is 2. The average Bonchev–Trinajstić information content (AvgIpc) is 2.56. The molecule has 2 heteroatoms. The molecule has 2 aromatic rings. The normalized spacial score (nSPS) is 10.3. The molecule has 2 nitrogen and oxygen atoms in total. The predicted octanol–water partition coefficient (Wildman–Crippen LogP) is 5.81. The Morgan fingerprint density at radius 2 is 1.29 bits per heavy atom. The van der Waals surface area contributed by atoms with E-state index in [9.17, 15) is 9.59 Å². The van der Waals surface area contributed by atoms with E-state index in [0.29, 0.717) is 18.3 Å². The quantitative estimate of drug-likeness (QED) is 0.513. The topological polar surface area (TPSA) is 34.1 Å². The molecule has 0 saturated carbocycles. The minimum Gasteiger partial charge on any atom is -0.303 e. The molecule has 0 unspecified atom stereocenters. The standard InChI is InChI=1S/2C11H14O.H2/c1-8(2)10-4-6-11(7-5-10)9(3)12;1-9(2)11-5-3-10(4-6-11)7-8-12;/h4-8H,1-3H3;3-6,8-9H,7H2,1-2H3;1H. The summed E-state index contributed by atoms with van der Waals surface area (Å²) < 4.78 is 0. The van der Waals surface area contributed by atoms with E-state index in [-0.39, 0.29) is 7.21 Å². The van der Waals surface area contributed by atoms with Gasteiger partial charge in [0.25, 0.3) is 0 Å². The molecule has 24 heavy (non-hydrogen) atoms. The van der Waals surface area contributed by atoms with Crippen molar-refractivity contribution in [3.05, 3.63) is 70.8 Å². The van der Waals surface area contributed by atoms with Crippen molar-refractivity contribution in [3.63, 3.8) is 0 Å². The Bertz CT molecular complexity index is 641. The fraction of sp³-hybridized carbons (Fsp3) is 0.364. The minimum atomic E-state index is 0. The van der Waals surface area contributed by atoms with Crippen LogP contribution in [-0.4, -0.2) is 12.1 Å². The summed E-state index contributed by atoms with van der Waals surface area (Å²) >= 11 is 0. The van der Waals surface area contributed by atoms with Gasteiger partial charge >= 0.3 is 0 Å². The molecular weight excluding hydrogens is 296 g/mol. The molecule has 0 aliphatic carbocycles. The zero-order valence-electron chi connectivity index (χ0n) is 15.4. The molecule has 0 aliphatic heterocycles. The maximum atomic E-state index is 10.9. The number of Topliss-reactive ketones (excluding diaryl/α,β-unsaturated/α-hetero) is 1. The number of benzene rings is 2. The molecule has 2 rings (SSSR count). The van der Waals surface area contributed by atoms with Crippen molar-refractivity contribution in [1.82, 2.24) is 0 Å². The van der Waals surface area contributed by atoms with Gasteiger partial charge in [0, 0.05) is 13.4 Å². The zero-order valence-corrected chi connectivity index (χ0v) is 15.4. The summed E-state index contributed by atoms with van der Waals surface area (Å²) in [7, 11) is 0. The monoisotopic (exact) mass is 326 g/mol. The number of ketones is 1. The lowest BCUT2D eigenvalue weighted by Crippen LogP contribution is -1.93. The van der Waals surface area contributed by atoms with Gasteiger partial charge in [-0.2, -0.15) is 0 Å². The summed E-state index contributed by atoms with van der Waals surface area (Å²) in [4.78, 5) is 21.1. The Morgan fingerprint density at radius 1 is 0.875 bits per heavy atom. The molecule has 0 atom stereocenters. The van der Waals surface area contributed by atoms with Crippen molar-refractivity contribution >= 4 is 12.1 Å². The lowest BCUT2D eigenvalue weighted by molar-refractivity contribution is -0.107. The van der Waals surface area contributed by atoms with Gasteiger partial charge in [-0.05, 0) is 35.4 Å². The number of rotatable bonds is 5. The van der Waals surface area contributed by atoms with Crippen molar-refractivity contribution in [2.45, 2.75) is 52.9 Å². The first-order valence-electron chi connectivity index (χ1n) is 8.48. The van der Waals surface area contributed by atoms with Crippen LogP contribution in [0.4, 0.5) is 0 Å². The van der Waals surface area contributed by atoms with E-state index in [1.54, 1.807) is 6.92 Å². The lowest BCUT2D eigenvalue weighted by atomic mass is 10.0. The van der Waals surface area contributed by atoms with Crippen LogP contribution in [0.25, 0.3) is 0 Å². The van der Waals surface area contributed by atoms with Crippen LogP contribution in [0.5, 0.6) is 0 Å². The van der Waals surface area contributed by atoms with E-state index in [0.717, 1.165) is 17.4 Å². The average molecular weight is 326 g/mol. The lowest BCUT2D eigenvalue weighted by Gasteiger charge is -2.04. The molecule has 0 bridgehead atoms. The van der Waals surface area contributed by atoms with E-state index >= 15 is 0 Å². The second-order valence-electron chi connectivity index (χ2n) is 6.60. The number of aldehydes is 1. The summed E-state index contributed by atoms with van der Waals surface area (Å²) in [6.07, 6.45) is 1.46. The summed E-state index contributed by atoms with van der Waals surface area (Å²) in [6, 6.07) is 16.0. The fourth-order valence-corrected chi connectivity index (χ4v) is 2.24. The number of hydrogen-bond donors (Lipinski definition) is 0. The molecule has 0 heterocycles. The molecule has 130 valence electrons. The van der Waals surface area contributed by atoms with Crippen LogP contribution in [0.2, 0.25) is 0 Å². The van der Waals surface area contributed by atoms with Crippen LogP contribution in [-0.2, 0) is 11.2 Å². The van der Waals surface area contributed by atoms with Gasteiger partial charge in [0.05, 0.1) is 0 Å².